The van der Waals surface area contributed by atoms with E-state index >= 15 is 0 Å². The van der Waals surface area contributed by atoms with Gasteiger partial charge < -0.3 is 15.2 Å². The van der Waals surface area contributed by atoms with Crippen molar-refractivity contribution in [3.63, 3.8) is 0 Å². The summed E-state index contributed by atoms with van der Waals surface area (Å²) in [6.45, 7) is 5.36. The summed E-state index contributed by atoms with van der Waals surface area (Å²) < 4.78 is 5.04. The molecule has 1 aliphatic heterocycles. The molecule has 6 heteroatoms. The summed E-state index contributed by atoms with van der Waals surface area (Å²) in [5, 5.41) is 3.74. The maximum absolute atomic E-state index is 12.3. The molecule has 1 aliphatic rings. The zero-order valence-corrected chi connectivity index (χ0v) is 12.3. The molecule has 20 heavy (non-hydrogen) atoms. The Balaban J connectivity index is 1.81. The maximum Gasteiger partial charge on any atom is 0.226 e. The van der Waals surface area contributed by atoms with Crippen molar-refractivity contribution in [3.05, 3.63) is 11.7 Å². The second-order valence-electron chi connectivity index (χ2n) is 5.60. The molecule has 0 radical (unpaired) electrons. The largest absolute Gasteiger partial charge is 0.339 e. The fourth-order valence-corrected chi connectivity index (χ4v) is 2.89. The SMILES string of the molecule is Cc1noc(CCCC(=O)N2CCC[C@H](C)[C@H]2CN)n1. The third kappa shape index (κ3) is 3.56. The van der Waals surface area contributed by atoms with Crippen molar-refractivity contribution in [2.45, 2.75) is 52.0 Å². The van der Waals surface area contributed by atoms with Crippen LogP contribution in [0, 0.1) is 12.8 Å². The van der Waals surface area contributed by atoms with E-state index in [0.29, 0.717) is 37.0 Å². The summed E-state index contributed by atoms with van der Waals surface area (Å²) >= 11 is 0. The molecule has 0 saturated carbocycles. The average molecular weight is 280 g/mol. The van der Waals surface area contributed by atoms with Crippen LogP contribution in [0.25, 0.3) is 0 Å². The van der Waals surface area contributed by atoms with E-state index in [9.17, 15) is 4.79 Å². The minimum Gasteiger partial charge on any atom is -0.339 e. The van der Waals surface area contributed by atoms with Crippen LogP contribution in [0.15, 0.2) is 4.52 Å². The number of nitrogens with zero attached hydrogens (tertiary/aromatic N) is 3. The van der Waals surface area contributed by atoms with Crippen LogP contribution < -0.4 is 5.73 Å². The molecule has 1 aromatic rings. The molecule has 6 nitrogen and oxygen atoms in total. The lowest BCUT2D eigenvalue weighted by molar-refractivity contribution is -0.136. The summed E-state index contributed by atoms with van der Waals surface area (Å²) in [7, 11) is 0. The molecule has 0 aliphatic carbocycles. The topological polar surface area (TPSA) is 85.2 Å². The van der Waals surface area contributed by atoms with E-state index < -0.39 is 0 Å². The molecule has 0 unspecified atom stereocenters. The van der Waals surface area contributed by atoms with Gasteiger partial charge in [-0.25, -0.2) is 0 Å². The second kappa shape index (κ2) is 6.83. The van der Waals surface area contributed by atoms with Gasteiger partial charge in [0.1, 0.15) is 0 Å². The first kappa shape index (κ1) is 15.0. The highest BCUT2D eigenvalue weighted by Gasteiger charge is 2.30. The Morgan fingerprint density at radius 2 is 2.35 bits per heavy atom. The summed E-state index contributed by atoms with van der Waals surface area (Å²) in [6, 6.07) is 0.196. The average Bonchev–Trinajstić information content (AvgIpc) is 2.84. The van der Waals surface area contributed by atoms with Crippen molar-refractivity contribution in [2.75, 3.05) is 13.1 Å². The highest BCUT2D eigenvalue weighted by atomic mass is 16.5. The van der Waals surface area contributed by atoms with Crippen LogP contribution in [0.4, 0.5) is 0 Å². The van der Waals surface area contributed by atoms with Crippen LogP contribution in [-0.2, 0) is 11.2 Å². The van der Waals surface area contributed by atoms with Crippen molar-refractivity contribution in [2.24, 2.45) is 11.7 Å². The second-order valence-corrected chi connectivity index (χ2v) is 5.60. The molecule has 112 valence electrons. The van der Waals surface area contributed by atoms with Gasteiger partial charge in [0.05, 0.1) is 0 Å². The van der Waals surface area contributed by atoms with Crippen LogP contribution >= 0.6 is 0 Å². The highest BCUT2D eigenvalue weighted by molar-refractivity contribution is 5.76. The van der Waals surface area contributed by atoms with Crippen molar-refractivity contribution < 1.29 is 9.32 Å². The van der Waals surface area contributed by atoms with E-state index in [-0.39, 0.29) is 11.9 Å². The number of amides is 1. The Kier molecular flexibility index (Phi) is 5.11. The van der Waals surface area contributed by atoms with Gasteiger partial charge >= 0.3 is 0 Å². The number of carbonyl (C=O) groups is 1. The molecular formula is C14H24N4O2. The molecule has 2 atom stereocenters. The zero-order valence-electron chi connectivity index (χ0n) is 12.3. The normalized spacial score (nSPS) is 23.1. The quantitative estimate of drug-likeness (QED) is 0.878. The smallest absolute Gasteiger partial charge is 0.226 e. The molecule has 2 N–H and O–H groups in total. The molecule has 2 heterocycles. The molecule has 1 aromatic heterocycles. The first-order valence-corrected chi connectivity index (χ1v) is 7.40. The van der Waals surface area contributed by atoms with Gasteiger partial charge in [0, 0.05) is 32.0 Å². The predicted molar refractivity (Wildman–Crippen MR) is 74.9 cm³/mol. The number of rotatable bonds is 5. The molecule has 2 rings (SSSR count). The van der Waals surface area contributed by atoms with E-state index in [1.165, 1.54) is 0 Å². The third-order valence-corrected chi connectivity index (χ3v) is 4.03. The standard InChI is InChI=1S/C14H24N4O2/c1-10-5-4-8-18(12(10)9-15)14(19)7-3-6-13-16-11(2)17-20-13/h10,12H,3-9,15H2,1-2H3/t10-,12+/m0/s1. The Morgan fingerprint density at radius 3 is 3.00 bits per heavy atom. The Morgan fingerprint density at radius 1 is 1.55 bits per heavy atom. The van der Waals surface area contributed by atoms with Crippen LogP contribution in [0.5, 0.6) is 0 Å². The molecule has 0 spiro atoms. The summed E-state index contributed by atoms with van der Waals surface area (Å²) in [5.41, 5.74) is 5.82. The Bertz CT molecular complexity index is 446. The minimum atomic E-state index is 0.196. The van der Waals surface area contributed by atoms with E-state index in [2.05, 4.69) is 17.1 Å². The van der Waals surface area contributed by atoms with Gasteiger partial charge in [-0.05, 0) is 32.1 Å². The van der Waals surface area contributed by atoms with Crippen molar-refractivity contribution in [1.29, 1.82) is 0 Å². The van der Waals surface area contributed by atoms with Crippen LogP contribution in [0.3, 0.4) is 0 Å². The molecule has 1 amide bonds. The predicted octanol–water partition coefficient (Wildman–Crippen LogP) is 1.29. The maximum atomic E-state index is 12.3. The van der Waals surface area contributed by atoms with Crippen molar-refractivity contribution in [1.82, 2.24) is 15.0 Å². The summed E-state index contributed by atoms with van der Waals surface area (Å²) in [5.74, 6) is 1.94. The lowest BCUT2D eigenvalue weighted by Crippen LogP contribution is -2.51. The van der Waals surface area contributed by atoms with Crippen molar-refractivity contribution >= 4 is 5.91 Å². The van der Waals surface area contributed by atoms with Gasteiger partial charge in [0.25, 0.3) is 0 Å². The van der Waals surface area contributed by atoms with E-state index in [1.807, 2.05) is 4.90 Å². The molecule has 1 fully saturated rings. The molecular weight excluding hydrogens is 256 g/mol. The number of nitrogens with two attached hydrogens (primary N) is 1. The fraction of sp³-hybridized carbons (Fsp3) is 0.786. The van der Waals surface area contributed by atoms with E-state index in [1.54, 1.807) is 6.92 Å². The van der Waals surface area contributed by atoms with E-state index in [0.717, 1.165) is 25.8 Å². The van der Waals surface area contributed by atoms with Gasteiger partial charge in [-0.15, -0.1) is 0 Å². The third-order valence-electron chi connectivity index (χ3n) is 4.03. The van der Waals surface area contributed by atoms with Crippen LogP contribution in [0.1, 0.15) is 44.3 Å². The number of aromatic nitrogens is 2. The number of likely N-dealkylation sites (tertiary alicyclic amines) is 1. The lowest BCUT2D eigenvalue weighted by Gasteiger charge is -2.39. The number of hydrogen-bond acceptors (Lipinski definition) is 5. The molecule has 0 bridgehead atoms. The van der Waals surface area contributed by atoms with Gasteiger partial charge in [-0.2, -0.15) is 4.98 Å². The lowest BCUT2D eigenvalue weighted by atomic mass is 9.90. The summed E-state index contributed by atoms with van der Waals surface area (Å²) in [4.78, 5) is 18.4. The van der Waals surface area contributed by atoms with Gasteiger partial charge in [0.15, 0.2) is 5.82 Å². The fourth-order valence-electron chi connectivity index (χ4n) is 2.89. The summed E-state index contributed by atoms with van der Waals surface area (Å²) in [6.07, 6.45) is 4.15. The van der Waals surface area contributed by atoms with Gasteiger partial charge in [-0.1, -0.05) is 12.1 Å². The minimum absolute atomic E-state index is 0.196. The number of hydrogen-bond donors (Lipinski definition) is 1. The van der Waals surface area contributed by atoms with E-state index in [4.69, 9.17) is 10.3 Å². The first-order valence-electron chi connectivity index (χ1n) is 7.40. The van der Waals surface area contributed by atoms with Gasteiger partial charge in [-0.3, -0.25) is 4.79 Å². The molecule has 1 saturated heterocycles. The Labute approximate surface area is 119 Å². The number of aryl methyl sites for hydroxylation is 2. The van der Waals surface area contributed by atoms with Crippen molar-refractivity contribution in [3.8, 4) is 0 Å². The van der Waals surface area contributed by atoms with Crippen LogP contribution in [-0.4, -0.2) is 40.1 Å². The Hall–Kier alpha value is -1.43. The number of carbonyl (C=O) groups excluding carboxylic acids is 1. The molecule has 0 aromatic carbocycles. The number of piperidine rings is 1. The van der Waals surface area contributed by atoms with Gasteiger partial charge in [0.2, 0.25) is 11.8 Å². The zero-order chi connectivity index (χ0) is 14.5. The highest BCUT2D eigenvalue weighted by Crippen LogP contribution is 2.23. The first-order chi connectivity index (χ1) is 9.61. The monoisotopic (exact) mass is 280 g/mol. The van der Waals surface area contributed by atoms with Crippen LogP contribution in [0.2, 0.25) is 0 Å².